The van der Waals surface area contributed by atoms with Crippen molar-refractivity contribution in [2.24, 2.45) is 7.05 Å². The molecule has 0 radical (unpaired) electrons. The largest absolute Gasteiger partial charge is 0.491 e. The Morgan fingerprint density at radius 1 is 1.35 bits per heavy atom. The van der Waals surface area contributed by atoms with Crippen molar-refractivity contribution in [1.29, 1.82) is 0 Å². The van der Waals surface area contributed by atoms with E-state index >= 15 is 0 Å². The molecule has 0 saturated carbocycles. The Morgan fingerprint density at radius 3 is 2.90 bits per heavy atom. The van der Waals surface area contributed by atoms with Crippen LogP contribution in [0, 0.1) is 0 Å². The van der Waals surface area contributed by atoms with E-state index in [2.05, 4.69) is 0 Å². The highest BCUT2D eigenvalue weighted by atomic mass is 16.5. The van der Waals surface area contributed by atoms with Gasteiger partial charge < -0.3 is 19.9 Å². The summed E-state index contributed by atoms with van der Waals surface area (Å²) in [4.78, 5) is 14.4. The van der Waals surface area contributed by atoms with E-state index in [-0.39, 0.29) is 5.91 Å². The van der Waals surface area contributed by atoms with Gasteiger partial charge in [-0.3, -0.25) is 4.79 Å². The lowest BCUT2D eigenvalue weighted by molar-refractivity contribution is 0.0723. The Bertz CT molecular complexity index is 648. The van der Waals surface area contributed by atoms with E-state index in [1.165, 1.54) is 0 Å². The van der Waals surface area contributed by atoms with Gasteiger partial charge in [0.15, 0.2) is 0 Å². The number of nitrogens with zero attached hydrogens (tertiary/aromatic N) is 2. The summed E-state index contributed by atoms with van der Waals surface area (Å²) in [5.41, 5.74) is 7.96. The molecule has 1 aromatic carbocycles. The number of hydrogen-bond acceptors (Lipinski definition) is 3. The van der Waals surface area contributed by atoms with Gasteiger partial charge >= 0.3 is 0 Å². The van der Waals surface area contributed by atoms with Crippen LogP contribution in [0.5, 0.6) is 5.75 Å². The summed E-state index contributed by atoms with van der Waals surface area (Å²) >= 11 is 0. The number of carbonyl (C=O) groups is 1. The number of aryl methyl sites for hydroxylation is 1. The second-order valence-electron chi connectivity index (χ2n) is 4.95. The Kier molecular flexibility index (Phi) is 3.10. The number of benzene rings is 1. The molecule has 0 bridgehead atoms. The number of carbonyl (C=O) groups excluding carboxylic acids is 1. The smallest absolute Gasteiger partial charge is 0.270 e. The highest BCUT2D eigenvalue weighted by Gasteiger charge is 2.22. The number of fused-ring (bicyclic) bond motifs is 1. The van der Waals surface area contributed by atoms with E-state index < -0.39 is 0 Å². The van der Waals surface area contributed by atoms with E-state index in [0.29, 0.717) is 31.1 Å². The van der Waals surface area contributed by atoms with Gasteiger partial charge in [-0.1, -0.05) is 18.2 Å². The molecule has 0 atom stereocenters. The fourth-order valence-electron chi connectivity index (χ4n) is 2.46. The zero-order valence-electron chi connectivity index (χ0n) is 11.4. The monoisotopic (exact) mass is 271 g/mol. The first-order valence-corrected chi connectivity index (χ1v) is 6.57. The quantitative estimate of drug-likeness (QED) is 0.857. The van der Waals surface area contributed by atoms with E-state index in [4.69, 9.17) is 10.5 Å². The van der Waals surface area contributed by atoms with Crippen molar-refractivity contribution in [3.63, 3.8) is 0 Å². The summed E-state index contributed by atoms with van der Waals surface area (Å²) < 4.78 is 7.43. The molecule has 2 aromatic rings. The number of hydrogen-bond donors (Lipinski definition) is 1. The van der Waals surface area contributed by atoms with Crippen molar-refractivity contribution in [2.75, 3.05) is 18.9 Å². The van der Waals surface area contributed by atoms with Crippen LogP contribution < -0.4 is 10.5 Å². The molecule has 5 heteroatoms. The summed E-state index contributed by atoms with van der Waals surface area (Å²) in [7, 11) is 1.83. The van der Waals surface area contributed by atoms with E-state index in [1.54, 1.807) is 21.7 Å². The number of nitrogen functional groups attached to an aromatic ring is 1. The maximum absolute atomic E-state index is 12.6. The van der Waals surface area contributed by atoms with Crippen molar-refractivity contribution >= 4 is 11.6 Å². The van der Waals surface area contributed by atoms with Gasteiger partial charge in [0.25, 0.3) is 5.91 Å². The zero-order chi connectivity index (χ0) is 14.1. The number of aromatic nitrogens is 1. The predicted molar refractivity (Wildman–Crippen MR) is 76.5 cm³/mol. The van der Waals surface area contributed by atoms with Crippen LogP contribution in [-0.4, -0.2) is 28.5 Å². The van der Waals surface area contributed by atoms with Crippen molar-refractivity contribution in [3.8, 4) is 5.75 Å². The summed E-state index contributed by atoms with van der Waals surface area (Å²) in [6.45, 7) is 1.63. The van der Waals surface area contributed by atoms with Crippen molar-refractivity contribution < 1.29 is 9.53 Å². The Labute approximate surface area is 117 Å². The first-order chi connectivity index (χ1) is 9.65. The van der Waals surface area contributed by atoms with Crippen LogP contribution in [0.15, 0.2) is 36.5 Å². The number of anilines is 1. The molecular weight excluding hydrogens is 254 g/mol. The second-order valence-corrected chi connectivity index (χ2v) is 4.95. The minimum Gasteiger partial charge on any atom is -0.491 e. The minimum atomic E-state index is -0.0236. The molecule has 1 aliphatic heterocycles. The van der Waals surface area contributed by atoms with Crippen molar-refractivity contribution in [3.05, 3.63) is 47.8 Å². The van der Waals surface area contributed by atoms with Gasteiger partial charge in [-0.2, -0.15) is 0 Å². The summed E-state index contributed by atoms with van der Waals surface area (Å²) in [6, 6.07) is 9.52. The van der Waals surface area contributed by atoms with Gasteiger partial charge in [0, 0.05) is 25.4 Å². The molecule has 2 N–H and O–H groups in total. The first kappa shape index (κ1) is 12.6. The van der Waals surface area contributed by atoms with Gasteiger partial charge in [-0.05, 0) is 12.1 Å². The topological polar surface area (TPSA) is 60.5 Å². The molecule has 0 spiro atoms. The predicted octanol–water partition coefficient (Wildman–Crippen LogP) is 1.64. The fourth-order valence-corrected chi connectivity index (χ4v) is 2.46. The molecule has 3 rings (SSSR count). The van der Waals surface area contributed by atoms with Gasteiger partial charge in [-0.15, -0.1) is 0 Å². The Morgan fingerprint density at radius 2 is 2.15 bits per heavy atom. The van der Waals surface area contributed by atoms with E-state index in [1.807, 2.05) is 31.3 Å². The van der Waals surface area contributed by atoms with Crippen LogP contribution in [0.4, 0.5) is 5.69 Å². The van der Waals surface area contributed by atoms with Gasteiger partial charge in [0.2, 0.25) is 0 Å². The third-order valence-electron chi connectivity index (χ3n) is 3.49. The highest BCUT2D eigenvalue weighted by molar-refractivity contribution is 5.93. The van der Waals surface area contributed by atoms with Crippen LogP contribution in [0.1, 0.15) is 16.1 Å². The molecule has 104 valence electrons. The van der Waals surface area contributed by atoms with Crippen LogP contribution in [-0.2, 0) is 13.6 Å². The van der Waals surface area contributed by atoms with Crippen molar-refractivity contribution in [1.82, 2.24) is 9.47 Å². The summed E-state index contributed by atoms with van der Waals surface area (Å²) in [5.74, 6) is 0.832. The molecule has 0 saturated heterocycles. The fraction of sp³-hybridized carbons (Fsp3) is 0.267. The molecule has 20 heavy (non-hydrogen) atoms. The summed E-state index contributed by atoms with van der Waals surface area (Å²) in [6.07, 6.45) is 1.75. The van der Waals surface area contributed by atoms with Gasteiger partial charge in [0.05, 0.1) is 12.2 Å². The molecule has 2 heterocycles. The maximum atomic E-state index is 12.6. The first-order valence-electron chi connectivity index (χ1n) is 6.57. The number of para-hydroxylation sites is 1. The average Bonchev–Trinajstić information content (AvgIpc) is 2.65. The summed E-state index contributed by atoms with van der Waals surface area (Å²) in [5, 5.41) is 0. The molecule has 0 fully saturated rings. The normalized spacial score (nSPS) is 14.3. The van der Waals surface area contributed by atoms with Crippen LogP contribution in [0.25, 0.3) is 0 Å². The van der Waals surface area contributed by atoms with Crippen LogP contribution in [0.2, 0.25) is 0 Å². The number of rotatable bonds is 1. The lowest BCUT2D eigenvalue weighted by atomic mass is 10.2. The van der Waals surface area contributed by atoms with Crippen LogP contribution >= 0.6 is 0 Å². The third-order valence-corrected chi connectivity index (χ3v) is 3.49. The lowest BCUT2D eigenvalue weighted by Gasteiger charge is -2.20. The van der Waals surface area contributed by atoms with E-state index in [0.717, 1.165) is 11.3 Å². The second kappa shape index (κ2) is 4.92. The molecule has 1 aromatic heterocycles. The molecule has 1 aliphatic rings. The Balaban J connectivity index is 1.88. The van der Waals surface area contributed by atoms with E-state index in [9.17, 15) is 4.79 Å². The third kappa shape index (κ3) is 2.22. The number of nitrogens with two attached hydrogens (primary N) is 1. The standard InChI is InChI=1S/C15H17N3O2/c1-17-10-12(16)8-13(17)15(19)18-6-7-20-14-5-3-2-4-11(14)9-18/h2-5,8,10H,6-7,9,16H2,1H3. The Hall–Kier alpha value is -2.43. The molecule has 0 aliphatic carbocycles. The minimum absolute atomic E-state index is 0.0236. The van der Waals surface area contributed by atoms with Crippen molar-refractivity contribution in [2.45, 2.75) is 6.54 Å². The maximum Gasteiger partial charge on any atom is 0.270 e. The van der Waals surface area contributed by atoms with Gasteiger partial charge in [0.1, 0.15) is 18.1 Å². The zero-order valence-corrected chi connectivity index (χ0v) is 11.4. The number of amides is 1. The van der Waals surface area contributed by atoms with Crippen LogP contribution in [0.3, 0.4) is 0 Å². The molecule has 0 unspecified atom stereocenters. The molecule has 1 amide bonds. The SMILES string of the molecule is Cn1cc(N)cc1C(=O)N1CCOc2ccccc2C1. The lowest BCUT2D eigenvalue weighted by Crippen LogP contribution is -2.33. The highest BCUT2D eigenvalue weighted by Crippen LogP contribution is 2.23. The van der Waals surface area contributed by atoms with Gasteiger partial charge in [-0.25, -0.2) is 0 Å². The number of ether oxygens (including phenoxy) is 1. The molecule has 5 nitrogen and oxygen atoms in total. The average molecular weight is 271 g/mol. The molecular formula is C15H17N3O2.